The Morgan fingerprint density at radius 3 is 2.12 bits per heavy atom. The second-order valence-electron chi connectivity index (χ2n) is 8.92. The van der Waals surface area contributed by atoms with E-state index in [4.69, 9.17) is 0 Å². The monoisotopic (exact) mass is 516 g/mol. The van der Waals surface area contributed by atoms with Crippen molar-refractivity contribution in [1.82, 2.24) is 0 Å². The number of nitro benzene ring substituents is 1. The normalized spacial score (nSPS) is 26.2. The molecular formula is C26H17BrN2O5. The number of imide groups is 1. The van der Waals surface area contributed by atoms with Gasteiger partial charge in [0.25, 0.3) is 5.69 Å². The summed E-state index contributed by atoms with van der Waals surface area (Å²) < 4.78 is 0.458. The number of hydrogen-bond acceptors (Lipinski definition) is 5. The maximum atomic E-state index is 14.0. The molecule has 7 rings (SSSR count). The molecule has 1 heterocycles. The van der Waals surface area contributed by atoms with Gasteiger partial charge in [-0.15, -0.1) is 0 Å². The zero-order valence-electron chi connectivity index (χ0n) is 17.9. The number of anilines is 1. The molecule has 7 nitrogen and oxygen atoms in total. The molecule has 2 atom stereocenters. The molecule has 0 N–H and O–H groups in total. The summed E-state index contributed by atoms with van der Waals surface area (Å²) >= 11 is 3.22. The largest absolute Gasteiger partial charge is 0.299 e. The molecule has 3 aromatic carbocycles. The van der Waals surface area contributed by atoms with E-state index in [0.29, 0.717) is 4.47 Å². The van der Waals surface area contributed by atoms with Gasteiger partial charge in [0, 0.05) is 16.5 Å². The molecule has 2 amide bonds. The number of amides is 2. The van der Waals surface area contributed by atoms with Crippen LogP contribution in [0.25, 0.3) is 0 Å². The number of ketones is 1. The molecule has 0 aromatic heterocycles. The third kappa shape index (κ3) is 2.33. The number of rotatable bonds is 3. The zero-order chi connectivity index (χ0) is 23.9. The van der Waals surface area contributed by atoms with E-state index in [-0.39, 0.29) is 17.2 Å². The van der Waals surface area contributed by atoms with Crippen molar-refractivity contribution in [2.75, 3.05) is 4.90 Å². The first-order valence-electron chi connectivity index (χ1n) is 10.8. The minimum absolute atomic E-state index is 0.0798. The average molecular weight is 517 g/mol. The molecule has 0 unspecified atom stereocenters. The predicted molar refractivity (Wildman–Crippen MR) is 126 cm³/mol. The van der Waals surface area contributed by atoms with Crippen LogP contribution in [-0.2, 0) is 19.8 Å². The molecule has 0 radical (unpaired) electrons. The number of carbonyl (C=O) groups is 3. The number of carbonyl (C=O) groups excluding carboxylic acids is 3. The quantitative estimate of drug-likeness (QED) is 0.290. The lowest BCUT2D eigenvalue weighted by molar-refractivity contribution is -0.384. The fourth-order valence-electron chi connectivity index (χ4n) is 6.44. The van der Waals surface area contributed by atoms with Crippen LogP contribution in [0.5, 0.6) is 0 Å². The van der Waals surface area contributed by atoms with Crippen molar-refractivity contribution in [1.29, 1.82) is 0 Å². The minimum Gasteiger partial charge on any atom is -0.299 e. The Morgan fingerprint density at radius 2 is 1.56 bits per heavy atom. The van der Waals surface area contributed by atoms with Crippen LogP contribution in [0.2, 0.25) is 0 Å². The Kier molecular flexibility index (Phi) is 4.26. The third-order valence-corrected chi connectivity index (χ3v) is 8.04. The Hall–Kier alpha value is -3.65. The highest BCUT2D eigenvalue weighted by Gasteiger charge is 2.70. The van der Waals surface area contributed by atoms with Crippen LogP contribution in [0.1, 0.15) is 35.1 Å². The molecule has 3 aliphatic carbocycles. The van der Waals surface area contributed by atoms with Gasteiger partial charge in [-0.3, -0.25) is 24.5 Å². The summed E-state index contributed by atoms with van der Waals surface area (Å²) in [5, 5.41) is 11.8. The highest BCUT2D eigenvalue weighted by atomic mass is 79.9. The third-order valence-electron chi connectivity index (χ3n) is 7.55. The molecule has 0 saturated carbocycles. The van der Waals surface area contributed by atoms with E-state index in [2.05, 4.69) is 15.9 Å². The van der Waals surface area contributed by atoms with Gasteiger partial charge in [-0.25, -0.2) is 4.90 Å². The second-order valence-corrected chi connectivity index (χ2v) is 9.84. The van der Waals surface area contributed by atoms with Crippen molar-refractivity contribution in [3.8, 4) is 0 Å². The number of nitrogens with zero attached hydrogens (tertiary/aromatic N) is 2. The summed E-state index contributed by atoms with van der Waals surface area (Å²) in [5.41, 5.74) is 1.41. The second kappa shape index (κ2) is 6.93. The summed E-state index contributed by atoms with van der Waals surface area (Å²) in [6.07, 6.45) is 0. The molecule has 1 fully saturated rings. The Labute approximate surface area is 202 Å². The van der Waals surface area contributed by atoms with Crippen LogP contribution < -0.4 is 4.90 Å². The first kappa shape index (κ1) is 20.9. The fraction of sp³-hybridized carbons (Fsp3) is 0.192. The van der Waals surface area contributed by atoms with Crippen molar-refractivity contribution in [3.63, 3.8) is 0 Å². The summed E-state index contributed by atoms with van der Waals surface area (Å²) in [4.78, 5) is 53.7. The molecule has 1 aliphatic heterocycles. The summed E-state index contributed by atoms with van der Waals surface area (Å²) in [5.74, 6) is -3.55. The van der Waals surface area contributed by atoms with E-state index in [1.54, 1.807) is 6.07 Å². The van der Waals surface area contributed by atoms with E-state index >= 15 is 0 Å². The van der Waals surface area contributed by atoms with Crippen LogP contribution in [0, 0.1) is 22.0 Å². The van der Waals surface area contributed by atoms with Crippen molar-refractivity contribution in [3.05, 3.63) is 104 Å². The highest BCUT2D eigenvalue weighted by Crippen LogP contribution is 2.64. The topological polar surface area (TPSA) is 97.6 Å². The zero-order valence-corrected chi connectivity index (χ0v) is 19.5. The molecule has 0 spiro atoms. The highest BCUT2D eigenvalue weighted by molar-refractivity contribution is 9.10. The lowest BCUT2D eigenvalue weighted by Gasteiger charge is -2.52. The lowest BCUT2D eigenvalue weighted by atomic mass is 9.46. The van der Waals surface area contributed by atoms with E-state index in [9.17, 15) is 24.5 Å². The van der Waals surface area contributed by atoms with Crippen LogP contribution in [0.3, 0.4) is 0 Å². The molecule has 4 aliphatic rings. The first-order chi connectivity index (χ1) is 16.3. The fourth-order valence-corrected chi connectivity index (χ4v) is 6.79. The Balaban J connectivity index is 1.66. The average Bonchev–Trinajstić information content (AvgIpc) is 3.09. The lowest BCUT2D eigenvalue weighted by Crippen LogP contribution is -2.57. The van der Waals surface area contributed by atoms with Gasteiger partial charge in [0.05, 0.1) is 22.2 Å². The van der Waals surface area contributed by atoms with Crippen LogP contribution in [0.15, 0.2) is 71.2 Å². The van der Waals surface area contributed by atoms with Crippen molar-refractivity contribution in [2.24, 2.45) is 11.8 Å². The molecular weight excluding hydrogens is 500 g/mol. The summed E-state index contributed by atoms with van der Waals surface area (Å²) in [6.45, 7) is 1.46. The minimum atomic E-state index is -1.34. The predicted octanol–water partition coefficient (Wildman–Crippen LogP) is 4.50. The number of Topliss-reactive ketones (excluding diaryl/α,β-unsaturated/α-hetero) is 1. The van der Waals surface area contributed by atoms with E-state index in [1.165, 1.54) is 19.1 Å². The van der Waals surface area contributed by atoms with Gasteiger partial charge >= 0.3 is 0 Å². The molecule has 8 heteroatoms. The molecule has 2 bridgehead atoms. The first-order valence-corrected chi connectivity index (χ1v) is 11.6. The van der Waals surface area contributed by atoms with E-state index < -0.39 is 39.9 Å². The van der Waals surface area contributed by atoms with Crippen LogP contribution in [0.4, 0.5) is 11.4 Å². The number of halogens is 1. The van der Waals surface area contributed by atoms with E-state index in [0.717, 1.165) is 27.2 Å². The van der Waals surface area contributed by atoms with Crippen LogP contribution >= 0.6 is 15.9 Å². The molecule has 34 heavy (non-hydrogen) atoms. The Bertz CT molecular complexity index is 1420. The van der Waals surface area contributed by atoms with Gasteiger partial charge in [0.15, 0.2) is 0 Å². The smallest absolute Gasteiger partial charge is 0.294 e. The van der Waals surface area contributed by atoms with Gasteiger partial charge < -0.3 is 0 Å². The summed E-state index contributed by atoms with van der Waals surface area (Å²) in [7, 11) is 0. The molecule has 1 saturated heterocycles. The van der Waals surface area contributed by atoms with Gasteiger partial charge in [0.2, 0.25) is 11.8 Å². The number of nitro groups is 1. The van der Waals surface area contributed by atoms with E-state index in [1.807, 2.05) is 48.5 Å². The van der Waals surface area contributed by atoms with Gasteiger partial charge in [-0.1, -0.05) is 64.5 Å². The number of hydrogen-bond donors (Lipinski definition) is 0. The SMILES string of the molecule is CC(=O)C12c3ccccc3C(c3ccccc31)[C@@H]1C(=O)N(c3ccc(Br)cc3[N+](=O)[O-])C(=O)[C@@H]12. The molecule has 168 valence electrons. The van der Waals surface area contributed by atoms with Crippen molar-refractivity contribution >= 4 is 44.9 Å². The van der Waals surface area contributed by atoms with Crippen molar-refractivity contribution < 1.29 is 19.3 Å². The number of benzene rings is 3. The van der Waals surface area contributed by atoms with Gasteiger partial charge in [0.1, 0.15) is 11.5 Å². The Morgan fingerprint density at radius 1 is 0.971 bits per heavy atom. The van der Waals surface area contributed by atoms with Crippen LogP contribution in [-0.4, -0.2) is 22.5 Å². The standard InChI is InChI=1S/C26H17BrN2O5/c1-13(30)26-17-8-4-2-6-15(17)21(16-7-3-5-9-18(16)26)22-23(26)25(32)28(24(22)31)19-11-10-14(27)12-20(19)29(33)34/h2-12,21-23H,1H3/t21?,22-,23+,26?/m0/s1. The van der Waals surface area contributed by atoms with Crippen molar-refractivity contribution in [2.45, 2.75) is 18.3 Å². The van der Waals surface area contributed by atoms with Gasteiger partial charge in [-0.05, 0) is 41.3 Å². The maximum absolute atomic E-state index is 14.0. The summed E-state index contributed by atoms with van der Waals surface area (Å²) in [6, 6.07) is 19.2. The maximum Gasteiger partial charge on any atom is 0.294 e. The molecule has 3 aromatic rings. The van der Waals surface area contributed by atoms with Gasteiger partial charge in [-0.2, -0.15) is 0 Å².